The average Bonchev–Trinajstić information content (AvgIpc) is 3.47. The van der Waals surface area contributed by atoms with Crippen LogP contribution in [0.4, 0.5) is 0 Å². The van der Waals surface area contributed by atoms with Crippen LogP contribution in [-0.2, 0) is 10.2 Å². The first-order valence-corrected chi connectivity index (χ1v) is 9.76. The Kier molecular flexibility index (Phi) is 4.93. The number of phenolic OH excluding ortho intramolecular Hbond substituents is 1. The Morgan fingerprint density at radius 3 is 2.21 bits per heavy atom. The predicted octanol–water partition coefficient (Wildman–Crippen LogP) is 4.47. The van der Waals surface area contributed by atoms with Gasteiger partial charge >= 0.3 is 0 Å². The zero-order valence-electron chi connectivity index (χ0n) is 16.6. The van der Waals surface area contributed by atoms with Crippen molar-refractivity contribution in [3.8, 4) is 5.75 Å². The maximum atomic E-state index is 12.9. The standard InChI is InChI=1S/C25H24N2O2/c1-17-7-5-10-20(13-17)25(21-11-6-8-18(2)14-21)15-22(25)24(29)27-26-16-19-9-3-4-12-23(19)28/h3-14,16,22,28H,15H2,1-2H3,(H,27,29). The summed E-state index contributed by atoms with van der Waals surface area (Å²) in [4.78, 5) is 12.9. The lowest BCUT2D eigenvalue weighted by Gasteiger charge is -2.19. The summed E-state index contributed by atoms with van der Waals surface area (Å²) in [7, 11) is 0. The van der Waals surface area contributed by atoms with Gasteiger partial charge in [-0.05, 0) is 43.5 Å². The first kappa shape index (κ1) is 18.9. The quantitative estimate of drug-likeness (QED) is 0.504. The van der Waals surface area contributed by atoms with E-state index in [1.54, 1.807) is 18.2 Å². The van der Waals surface area contributed by atoms with Gasteiger partial charge < -0.3 is 5.11 Å². The van der Waals surface area contributed by atoms with Crippen LogP contribution in [0.15, 0.2) is 77.9 Å². The molecule has 4 rings (SSSR count). The van der Waals surface area contributed by atoms with Crippen molar-refractivity contribution < 1.29 is 9.90 Å². The largest absolute Gasteiger partial charge is 0.507 e. The molecule has 4 nitrogen and oxygen atoms in total. The van der Waals surface area contributed by atoms with E-state index in [0.29, 0.717) is 5.56 Å². The van der Waals surface area contributed by atoms with Gasteiger partial charge in [0.25, 0.3) is 0 Å². The summed E-state index contributed by atoms with van der Waals surface area (Å²) >= 11 is 0. The van der Waals surface area contributed by atoms with Crippen molar-refractivity contribution >= 4 is 12.1 Å². The topological polar surface area (TPSA) is 61.7 Å². The van der Waals surface area contributed by atoms with Crippen molar-refractivity contribution in [1.82, 2.24) is 5.43 Å². The van der Waals surface area contributed by atoms with Gasteiger partial charge in [-0.1, -0.05) is 71.8 Å². The van der Waals surface area contributed by atoms with E-state index in [-0.39, 0.29) is 23.0 Å². The second-order valence-corrected chi connectivity index (χ2v) is 7.76. The molecule has 0 aliphatic heterocycles. The lowest BCUT2D eigenvalue weighted by Crippen LogP contribution is -2.25. The summed E-state index contributed by atoms with van der Waals surface area (Å²) < 4.78 is 0. The summed E-state index contributed by atoms with van der Waals surface area (Å²) in [5, 5.41) is 13.9. The highest BCUT2D eigenvalue weighted by atomic mass is 16.3. The molecule has 1 aliphatic carbocycles. The van der Waals surface area contributed by atoms with E-state index >= 15 is 0 Å². The van der Waals surface area contributed by atoms with Crippen LogP contribution in [0.1, 0.15) is 34.2 Å². The Morgan fingerprint density at radius 1 is 1.00 bits per heavy atom. The molecule has 146 valence electrons. The van der Waals surface area contributed by atoms with Gasteiger partial charge in [0.15, 0.2) is 0 Å². The number of aromatic hydroxyl groups is 1. The number of nitrogens with one attached hydrogen (secondary N) is 1. The fraction of sp³-hybridized carbons (Fsp3) is 0.200. The molecule has 1 atom stereocenters. The normalized spacial score (nSPS) is 17.2. The SMILES string of the molecule is Cc1cccc(C2(c3cccc(C)c3)CC2C(=O)NN=Cc2ccccc2O)c1. The molecule has 4 heteroatoms. The Bertz CT molecular complexity index is 1040. The zero-order chi connectivity index (χ0) is 20.4. The Balaban J connectivity index is 1.60. The van der Waals surface area contributed by atoms with E-state index in [4.69, 9.17) is 0 Å². The third-order valence-electron chi connectivity index (χ3n) is 5.66. The van der Waals surface area contributed by atoms with Gasteiger partial charge in [-0.3, -0.25) is 4.79 Å². The molecular formula is C25H24N2O2. The fourth-order valence-electron chi connectivity index (χ4n) is 4.07. The molecule has 0 bridgehead atoms. The van der Waals surface area contributed by atoms with Gasteiger partial charge in [0.05, 0.1) is 12.1 Å². The molecule has 1 aliphatic rings. The summed E-state index contributed by atoms with van der Waals surface area (Å²) in [5.74, 6) is -0.168. The van der Waals surface area contributed by atoms with Gasteiger partial charge in [-0.2, -0.15) is 5.10 Å². The lowest BCUT2D eigenvalue weighted by atomic mass is 9.84. The number of nitrogens with zero attached hydrogens (tertiary/aromatic N) is 1. The minimum Gasteiger partial charge on any atom is -0.507 e. The van der Waals surface area contributed by atoms with Crippen LogP contribution < -0.4 is 5.43 Å². The van der Waals surface area contributed by atoms with E-state index in [0.717, 1.165) is 17.5 Å². The van der Waals surface area contributed by atoms with E-state index in [1.807, 2.05) is 18.2 Å². The minimum absolute atomic E-state index is 0.111. The number of phenols is 1. The monoisotopic (exact) mass is 384 g/mol. The third-order valence-corrected chi connectivity index (χ3v) is 5.66. The number of carbonyl (C=O) groups is 1. The second kappa shape index (κ2) is 7.55. The van der Waals surface area contributed by atoms with E-state index in [1.165, 1.54) is 17.3 Å². The molecule has 29 heavy (non-hydrogen) atoms. The Hall–Kier alpha value is -3.40. The van der Waals surface area contributed by atoms with E-state index in [2.05, 4.69) is 60.8 Å². The highest BCUT2D eigenvalue weighted by molar-refractivity contribution is 5.88. The Morgan fingerprint density at radius 2 is 1.62 bits per heavy atom. The van der Waals surface area contributed by atoms with Crippen LogP contribution >= 0.6 is 0 Å². The van der Waals surface area contributed by atoms with Crippen LogP contribution in [0.3, 0.4) is 0 Å². The summed E-state index contributed by atoms with van der Waals surface area (Å²) in [5.41, 5.74) is 7.58. The van der Waals surface area contributed by atoms with Gasteiger partial charge in [-0.25, -0.2) is 5.43 Å². The first-order valence-electron chi connectivity index (χ1n) is 9.76. The van der Waals surface area contributed by atoms with Crippen LogP contribution in [0, 0.1) is 19.8 Å². The van der Waals surface area contributed by atoms with Crippen molar-refractivity contribution in [2.45, 2.75) is 25.7 Å². The number of aryl methyl sites for hydroxylation is 2. The average molecular weight is 384 g/mol. The molecular weight excluding hydrogens is 360 g/mol. The zero-order valence-corrected chi connectivity index (χ0v) is 16.6. The Labute approximate surface area is 170 Å². The van der Waals surface area contributed by atoms with Crippen LogP contribution in [-0.4, -0.2) is 17.2 Å². The van der Waals surface area contributed by atoms with Crippen LogP contribution in [0.2, 0.25) is 0 Å². The molecule has 0 spiro atoms. The number of benzene rings is 3. The molecule has 1 unspecified atom stereocenters. The van der Waals surface area contributed by atoms with Gasteiger partial charge in [0.2, 0.25) is 5.91 Å². The smallest absolute Gasteiger partial charge is 0.244 e. The number of para-hydroxylation sites is 1. The van der Waals surface area contributed by atoms with E-state index < -0.39 is 0 Å². The molecule has 0 saturated heterocycles. The highest BCUT2D eigenvalue weighted by Crippen LogP contribution is 2.59. The fourth-order valence-corrected chi connectivity index (χ4v) is 4.07. The van der Waals surface area contributed by atoms with Crippen molar-refractivity contribution in [1.29, 1.82) is 0 Å². The second-order valence-electron chi connectivity index (χ2n) is 7.76. The molecule has 0 heterocycles. The number of carbonyl (C=O) groups excluding carboxylic acids is 1. The van der Waals surface area contributed by atoms with Crippen molar-refractivity contribution in [2.24, 2.45) is 11.0 Å². The maximum Gasteiger partial charge on any atom is 0.244 e. The number of hydrogen-bond donors (Lipinski definition) is 2. The van der Waals surface area contributed by atoms with Crippen LogP contribution in [0.25, 0.3) is 0 Å². The molecule has 2 N–H and O–H groups in total. The molecule has 1 amide bonds. The number of hydrogen-bond acceptors (Lipinski definition) is 3. The summed E-state index contributed by atoms with van der Waals surface area (Å²) in [6.45, 7) is 4.14. The van der Waals surface area contributed by atoms with E-state index in [9.17, 15) is 9.90 Å². The molecule has 3 aromatic carbocycles. The van der Waals surface area contributed by atoms with Crippen molar-refractivity contribution in [2.75, 3.05) is 0 Å². The molecule has 1 saturated carbocycles. The predicted molar refractivity (Wildman–Crippen MR) is 115 cm³/mol. The number of hydrazone groups is 1. The summed E-state index contributed by atoms with van der Waals surface area (Å²) in [6.07, 6.45) is 2.22. The minimum atomic E-state index is -0.327. The molecule has 1 fully saturated rings. The van der Waals surface area contributed by atoms with Crippen LogP contribution in [0.5, 0.6) is 5.75 Å². The molecule has 0 aromatic heterocycles. The maximum absolute atomic E-state index is 12.9. The number of amides is 1. The highest BCUT2D eigenvalue weighted by Gasteiger charge is 2.60. The lowest BCUT2D eigenvalue weighted by molar-refractivity contribution is -0.122. The molecule has 3 aromatic rings. The van der Waals surface area contributed by atoms with Crippen molar-refractivity contribution in [3.63, 3.8) is 0 Å². The van der Waals surface area contributed by atoms with Gasteiger partial charge in [0, 0.05) is 11.0 Å². The van der Waals surface area contributed by atoms with Crippen molar-refractivity contribution in [3.05, 3.63) is 101 Å². The third kappa shape index (κ3) is 3.66. The summed E-state index contributed by atoms with van der Waals surface area (Å²) in [6, 6.07) is 23.7. The van der Waals surface area contributed by atoms with Gasteiger partial charge in [-0.15, -0.1) is 0 Å². The first-order chi connectivity index (χ1) is 14.0. The molecule has 0 radical (unpaired) electrons. The van der Waals surface area contributed by atoms with Gasteiger partial charge in [0.1, 0.15) is 5.75 Å². The number of rotatable bonds is 5.